The van der Waals surface area contributed by atoms with Crippen molar-refractivity contribution in [3.8, 4) is 5.75 Å². The van der Waals surface area contributed by atoms with Gasteiger partial charge in [0, 0.05) is 17.7 Å². The standard InChI is InChI=1S/C20H24N2O3/c1-13(2)12-21-19(23)15-6-8-16(9-7-15)20(24)22-17-11-14(3)5-10-18(17)25-4/h5-11,13H,12H2,1-4H3,(H,21,23)(H,22,24). The van der Waals surface area contributed by atoms with Crippen molar-refractivity contribution in [3.05, 3.63) is 59.2 Å². The lowest BCUT2D eigenvalue weighted by atomic mass is 10.1. The summed E-state index contributed by atoms with van der Waals surface area (Å²) in [7, 11) is 1.56. The van der Waals surface area contributed by atoms with Crippen molar-refractivity contribution in [2.45, 2.75) is 20.8 Å². The Bertz CT molecular complexity index is 752. The summed E-state index contributed by atoms with van der Waals surface area (Å²) in [4.78, 5) is 24.4. The Morgan fingerprint density at radius 1 is 1.00 bits per heavy atom. The summed E-state index contributed by atoms with van der Waals surface area (Å²) in [6.45, 7) is 6.63. The highest BCUT2D eigenvalue weighted by Crippen LogP contribution is 2.25. The summed E-state index contributed by atoms with van der Waals surface area (Å²) in [5.41, 5.74) is 2.65. The molecule has 0 aliphatic heterocycles. The van der Waals surface area contributed by atoms with Crippen LogP contribution in [0.5, 0.6) is 5.75 Å². The molecule has 0 heterocycles. The topological polar surface area (TPSA) is 67.4 Å². The lowest BCUT2D eigenvalue weighted by Crippen LogP contribution is -2.27. The highest BCUT2D eigenvalue weighted by Gasteiger charge is 2.12. The van der Waals surface area contributed by atoms with Crippen LogP contribution in [0.1, 0.15) is 40.1 Å². The van der Waals surface area contributed by atoms with E-state index in [4.69, 9.17) is 4.74 Å². The number of hydrogen-bond acceptors (Lipinski definition) is 3. The maximum absolute atomic E-state index is 12.4. The number of ether oxygens (including phenoxy) is 1. The molecule has 2 N–H and O–H groups in total. The molecular formula is C20H24N2O3. The number of amides is 2. The van der Waals surface area contributed by atoms with Crippen LogP contribution in [-0.4, -0.2) is 25.5 Å². The van der Waals surface area contributed by atoms with Crippen molar-refractivity contribution in [1.29, 1.82) is 0 Å². The van der Waals surface area contributed by atoms with Gasteiger partial charge in [-0.15, -0.1) is 0 Å². The highest BCUT2D eigenvalue weighted by molar-refractivity contribution is 6.05. The fourth-order valence-corrected chi connectivity index (χ4v) is 2.29. The first kappa shape index (κ1) is 18.5. The van der Waals surface area contributed by atoms with Crippen molar-refractivity contribution in [2.24, 2.45) is 5.92 Å². The zero-order valence-electron chi connectivity index (χ0n) is 15.1. The Hall–Kier alpha value is -2.82. The summed E-state index contributed by atoms with van der Waals surface area (Å²) in [5, 5.41) is 5.70. The van der Waals surface area contributed by atoms with Gasteiger partial charge >= 0.3 is 0 Å². The number of rotatable bonds is 6. The van der Waals surface area contributed by atoms with Crippen molar-refractivity contribution in [3.63, 3.8) is 0 Å². The van der Waals surface area contributed by atoms with E-state index in [1.54, 1.807) is 31.4 Å². The Balaban J connectivity index is 2.08. The normalized spacial score (nSPS) is 10.4. The van der Waals surface area contributed by atoms with Crippen LogP contribution in [0, 0.1) is 12.8 Å². The molecule has 0 spiro atoms. The van der Waals surface area contributed by atoms with E-state index in [2.05, 4.69) is 10.6 Å². The smallest absolute Gasteiger partial charge is 0.255 e. The van der Waals surface area contributed by atoms with Crippen molar-refractivity contribution in [1.82, 2.24) is 5.32 Å². The Morgan fingerprint density at radius 2 is 1.60 bits per heavy atom. The van der Waals surface area contributed by atoms with Gasteiger partial charge in [0.05, 0.1) is 12.8 Å². The summed E-state index contributed by atoms with van der Waals surface area (Å²) in [6, 6.07) is 12.2. The lowest BCUT2D eigenvalue weighted by molar-refractivity contribution is 0.0947. The van der Waals surface area contributed by atoms with Gasteiger partial charge in [0.2, 0.25) is 0 Å². The molecule has 2 rings (SSSR count). The number of anilines is 1. The van der Waals surface area contributed by atoms with Crippen LogP contribution in [0.4, 0.5) is 5.69 Å². The number of carbonyl (C=O) groups excluding carboxylic acids is 2. The van der Waals surface area contributed by atoms with E-state index >= 15 is 0 Å². The molecule has 0 fully saturated rings. The summed E-state index contributed by atoms with van der Waals surface area (Å²) in [5.74, 6) is 0.598. The second-order valence-corrected chi connectivity index (χ2v) is 6.34. The molecule has 2 aromatic rings. The Labute approximate surface area is 148 Å². The van der Waals surface area contributed by atoms with Gasteiger partial charge in [-0.1, -0.05) is 19.9 Å². The maximum Gasteiger partial charge on any atom is 0.255 e. The van der Waals surface area contributed by atoms with Crippen LogP contribution < -0.4 is 15.4 Å². The number of aryl methyl sites for hydroxylation is 1. The van der Waals surface area contributed by atoms with Gasteiger partial charge < -0.3 is 15.4 Å². The number of methoxy groups -OCH3 is 1. The molecule has 5 nitrogen and oxygen atoms in total. The maximum atomic E-state index is 12.4. The highest BCUT2D eigenvalue weighted by atomic mass is 16.5. The summed E-state index contributed by atoms with van der Waals surface area (Å²) in [6.07, 6.45) is 0. The first-order valence-corrected chi connectivity index (χ1v) is 8.25. The molecule has 132 valence electrons. The molecule has 0 aromatic heterocycles. The number of nitrogens with one attached hydrogen (secondary N) is 2. The fraction of sp³-hybridized carbons (Fsp3) is 0.300. The van der Waals surface area contributed by atoms with E-state index in [0.29, 0.717) is 35.0 Å². The van der Waals surface area contributed by atoms with Gasteiger partial charge in [0.25, 0.3) is 11.8 Å². The van der Waals surface area contributed by atoms with Gasteiger partial charge in [0.15, 0.2) is 0 Å². The van der Waals surface area contributed by atoms with Crippen LogP contribution >= 0.6 is 0 Å². The molecule has 0 atom stereocenters. The van der Waals surface area contributed by atoms with Crippen molar-refractivity contribution in [2.75, 3.05) is 19.0 Å². The predicted molar refractivity (Wildman–Crippen MR) is 99.3 cm³/mol. The molecule has 0 unspecified atom stereocenters. The van der Waals surface area contributed by atoms with E-state index < -0.39 is 0 Å². The molecule has 0 bridgehead atoms. The predicted octanol–water partition coefficient (Wildman–Crippen LogP) is 3.64. The largest absolute Gasteiger partial charge is 0.495 e. The molecule has 0 saturated carbocycles. The third kappa shape index (κ3) is 5.08. The van der Waals surface area contributed by atoms with Crippen LogP contribution in [0.25, 0.3) is 0 Å². The van der Waals surface area contributed by atoms with E-state index in [1.165, 1.54) is 0 Å². The van der Waals surface area contributed by atoms with E-state index in [0.717, 1.165) is 5.56 Å². The van der Waals surface area contributed by atoms with Gasteiger partial charge in [-0.2, -0.15) is 0 Å². The molecule has 0 saturated heterocycles. The molecule has 0 aliphatic rings. The molecule has 2 aromatic carbocycles. The second-order valence-electron chi connectivity index (χ2n) is 6.34. The molecule has 0 aliphatic carbocycles. The van der Waals surface area contributed by atoms with Gasteiger partial charge in [-0.3, -0.25) is 9.59 Å². The van der Waals surface area contributed by atoms with Crippen LogP contribution in [0.2, 0.25) is 0 Å². The van der Waals surface area contributed by atoms with Crippen LogP contribution in [-0.2, 0) is 0 Å². The third-order valence-electron chi connectivity index (χ3n) is 3.68. The van der Waals surface area contributed by atoms with Gasteiger partial charge in [0.1, 0.15) is 5.75 Å². The lowest BCUT2D eigenvalue weighted by Gasteiger charge is -2.11. The Morgan fingerprint density at radius 3 is 2.16 bits per heavy atom. The molecule has 2 amide bonds. The monoisotopic (exact) mass is 340 g/mol. The summed E-state index contributed by atoms with van der Waals surface area (Å²) < 4.78 is 5.27. The zero-order chi connectivity index (χ0) is 18.4. The second kappa shape index (κ2) is 8.33. The van der Waals surface area contributed by atoms with Gasteiger partial charge in [-0.25, -0.2) is 0 Å². The van der Waals surface area contributed by atoms with Crippen LogP contribution in [0.15, 0.2) is 42.5 Å². The van der Waals surface area contributed by atoms with E-state index in [9.17, 15) is 9.59 Å². The average molecular weight is 340 g/mol. The number of hydrogen-bond donors (Lipinski definition) is 2. The minimum atomic E-state index is -0.252. The van der Waals surface area contributed by atoms with Gasteiger partial charge in [-0.05, 0) is 54.8 Å². The zero-order valence-corrected chi connectivity index (χ0v) is 15.1. The average Bonchev–Trinajstić information content (AvgIpc) is 2.60. The molecular weight excluding hydrogens is 316 g/mol. The fourth-order valence-electron chi connectivity index (χ4n) is 2.29. The molecule has 5 heteroatoms. The van der Waals surface area contributed by atoms with Crippen molar-refractivity contribution >= 4 is 17.5 Å². The number of benzene rings is 2. The minimum Gasteiger partial charge on any atom is -0.495 e. The first-order valence-electron chi connectivity index (χ1n) is 8.25. The van der Waals surface area contributed by atoms with Crippen LogP contribution in [0.3, 0.4) is 0 Å². The van der Waals surface area contributed by atoms with E-state index in [1.807, 2.05) is 39.0 Å². The quantitative estimate of drug-likeness (QED) is 0.843. The molecule has 25 heavy (non-hydrogen) atoms. The first-order chi connectivity index (χ1) is 11.9. The Kier molecular flexibility index (Phi) is 6.17. The third-order valence-corrected chi connectivity index (χ3v) is 3.68. The minimum absolute atomic E-state index is 0.138. The van der Waals surface area contributed by atoms with Crippen molar-refractivity contribution < 1.29 is 14.3 Å². The number of carbonyl (C=O) groups is 2. The summed E-state index contributed by atoms with van der Waals surface area (Å²) >= 11 is 0. The molecule has 0 radical (unpaired) electrons. The van der Waals surface area contributed by atoms with E-state index in [-0.39, 0.29) is 11.8 Å². The SMILES string of the molecule is COc1ccc(C)cc1NC(=O)c1ccc(C(=O)NCC(C)C)cc1.